The summed E-state index contributed by atoms with van der Waals surface area (Å²) in [5, 5.41) is 0. The molecule has 0 aliphatic heterocycles. The number of hydrogen-bond donors (Lipinski definition) is 0. The van der Waals surface area contributed by atoms with E-state index in [-0.39, 0.29) is 0 Å². The molecule has 0 N–H and O–H groups in total. The molecule has 14 heavy (non-hydrogen) atoms. The van der Waals surface area contributed by atoms with Gasteiger partial charge in [0, 0.05) is 6.07 Å². The molecule has 0 saturated carbocycles. The molecule has 1 rings (SSSR count). The summed E-state index contributed by atoms with van der Waals surface area (Å²) in [5.41, 5.74) is 1.21. The van der Waals surface area contributed by atoms with Crippen molar-refractivity contribution in [2.75, 3.05) is 14.2 Å². The third-order valence-electron chi connectivity index (χ3n) is 2.05. The summed E-state index contributed by atoms with van der Waals surface area (Å²) in [6, 6.07) is 5.91. The second-order valence-electron chi connectivity index (χ2n) is 3.05. The second kappa shape index (κ2) is 5.32. The van der Waals surface area contributed by atoms with Crippen molar-refractivity contribution >= 4 is 0 Å². The summed E-state index contributed by atoms with van der Waals surface area (Å²) in [6.45, 7) is 3.70. The van der Waals surface area contributed by atoms with Crippen molar-refractivity contribution in [3.63, 3.8) is 0 Å². The summed E-state index contributed by atoms with van der Waals surface area (Å²) in [5.74, 6) is 1.67. The van der Waals surface area contributed by atoms with Crippen LogP contribution in [-0.2, 0) is 6.42 Å². The highest BCUT2D eigenvalue weighted by molar-refractivity contribution is 5.38. The number of hydrogen-bond acceptors (Lipinski definition) is 2. The molecule has 0 fully saturated rings. The minimum absolute atomic E-state index is 0.836. The molecular formula is C12H16O2. The van der Waals surface area contributed by atoms with Gasteiger partial charge in [-0.15, -0.1) is 6.58 Å². The van der Waals surface area contributed by atoms with E-state index in [1.807, 2.05) is 24.3 Å². The molecule has 76 valence electrons. The third kappa shape index (κ3) is 2.80. The Kier molecular flexibility index (Phi) is 4.05. The number of ether oxygens (including phenoxy) is 2. The lowest BCUT2D eigenvalue weighted by molar-refractivity contribution is 0.393. The van der Waals surface area contributed by atoms with E-state index >= 15 is 0 Å². The van der Waals surface area contributed by atoms with Gasteiger partial charge in [0.1, 0.15) is 11.5 Å². The Bertz CT molecular complexity index is 283. The molecule has 0 aliphatic carbocycles. The summed E-state index contributed by atoms with van der Waals surface area (Å²) >= 11 is 0. The molecule has 0 bridgehead atoms. The number of methoxy groups -OCH3 is 2. The van der Waals surface area contributed by atoms with Crippen LogP contribution in [0.3, 0.4) is 0 Å². The lowest BCUT2D eigenvalue weighted by atomic mass is 10.1. The highest BCUT2D eigenvalue weighted by Gasteiger charge is 2.00. The minimum atomic E-state index is 0.836. The molecule has 1 aromatic rings. The predicted octanol–water partition coefficient (Wildman–Crippen LogP) is 2.82. The molecule has 0 spiro atoms. The molecule has 0 aromatic heterocycles. The van der Waals surface area contributed by atoms with Crippen molar-refractivity contribution in [1.82, 2.24) is 0 Å². The van der Waals surface area contributed by atoms with E-state index in [2.05, 4.69) is 6.58 Å². The zero-order valence-corrected chi connectivity index (χ0v) is 8.75. The zero-order valence-electron chi connectivity index (χ0n) is 8.75. The Labute approximate surface area is 85.2 Å². The van der Waals surface area contributed by atoms with Crippen LogP contribution in [0.5, 0.6) is 11.5 Å². The van der Waals surface area contributed by atoms with Gasteiger partial charge in [-0.25, -0.2) is 0 Å². The number of rotatable bonds is 5. The summed E-state index contributed by atoms with van der Waals surface area (Å²) < 4.78 is 10.3. The van der Waals surface area contributed by atoms with Crippen molar-refractivity contribution in [3.05, 3.63) is 36.4 Å². The number of aryl methyl sites for hydroxylation is 1. The first kappa shape index (κ1) is 10.6. The van der Waals surface area contributed by atoms with Gasteiger partial charge < -0.3 is 9.47 Å². The van der Waals surface area contributed by atoms with Gasteiger partial charge in [0.25, 0.3) is 0 Å². The van der Waals surface area contributed by atoms with E-state index in [1.54, 1.807) is 14.2 Å². The fourth-order valence-corrected chi connectivity index (χ4v) is 1.28. The quantitative estimate of drug-likeness (QED) is 0.668. The zero-order chi connectivity index (χ0) is 10.4. The second-order valence-corrected chi connectivity index (χ2v) is 3.05. The van der Waals surface area contributed by atoms with Gasteiger partial charge in [-0.2, -0.15) is 0 Å². The maximum Gasteiger partial charge on any atom is 0.122 e. The molecule has 0 saturated heterocycles. The molecular weight excluding hydrogens is 176 g/mol. The van der Waals surface area contributed by atoms with Crippen molar-refractivity contribution in [2.24, 2.45) is 0 Å². The first-order valence-electron chi connectivity index (χ1n) is 4.63. The average molecular weight is 192 g/mol. The highest BCUT2D eigenvalue weighted by atomic mass is 16.5. The normalized spacial score (nSPS) is 9.57. The van der Waals surface area contributed by atoms with Crippen LogP contribution >= 0.6 is 0 Å². The predicted molar refractivity (Wildman–Crippen MR) is 58.1 cm³/mol. The van der Waals surface area contributed by atoms with E-state index in [9.17, 15) is 0 Å². The third-order valence-corrected chi connectivity index (χ3v) is 2.05. The fraction of sp³-hybridized carbons (Fsp3) is 0.333. The van der Waals surface area contributed by atoms with Crippen LogP contribution < -0.4 is 9.47 Å². The summed E-state index contributed by atoms with van der Waals surface area (Å²) in [4.78, 5) is 0. The minimum Gasteiger partial charge on any atom is -0.497 e. The monoisotopic (exact) mass is 192 g/mol. The van der Waals surface area contributed by atoms with Gasteiger partial charge >= 0.3 is 0 Å². The van der Waals surface area contributed by atoms with Crippen LogP contribution in [0.25, 0.3) is 0 Å². The van der Waals surface area contributed by atoms with Crippen molar-refractivity contribution in [2.45, 2.75) is 12.8 Å². The Hall–Kier alpha value is -1.44. The van der Waals surface area contributed by atoms with E-state index < -0.39 is 0 Å². The van der Waals surface area contributed by atoms with E-state index in [4.69, 9.17) is 9.47 Å². The molecule has 2 nitrogen and oxygen atoms in total. The van der Waals surface area contributed by atoms with Crippen molar-refractivity contribution in [3.8, 4) is 11.5 Å². The van der Waals surface area contributed by atoms with E-state index in [1.165, 1.54) is 5.56 Å². The van der Waals surface area contributed by atoms with Crippen LogP contribution in [0, 0.1) is 0 Å². The Balaban J connectivity index is 2.86. The molecule has 0 amide bonds. The molecule has 0 aliphatic rings. The van der Waals surface area contributed by atoms with Gasteiger partial charge in [-0.1, -0.05) is 6.08 Å². The lowest BCUT2D eigenvalue weighted by Gasteiger charge is -2.07. The number of benzene rings is 1. The molecule has 2 heteroatoms. The largest absolute Gasteiger partial charge is 0.497 e. The maximum absolute atomic E-state index is 5.17. The first-order chi connectivity index (χ1) is 6.80. The van der Waals surface area contributed by atoms with Gasteiger partial charge in [-0.3, -0.25) is 0 Å². The smallest absolute Gasteiger partial charge is 0.122 e. The molecule has 0 atom stereocenters. The van der Waals surface area contributed by atoms with Crippen LogP contribution in [0.1, 0.15) is 12.0 Å². The lowest BCUT2D eigenvalue weighted by Crippen LogP contribution is -1.91. The Morgan fingerprint density at radius 1 is 1.14 bits per heavy atom. The number of allylic oxidation sites excluding steroid dienone is 1. The molecule has 0 radical (unpaired) electrons. The van der Waals surface area contributed by atoms with Crippen LogP contribution in [0.15, 0.2) is 30.9 Å². The van der Waals surface area contributed by atoms with Crippen LogP contribution in [-0.4, -0.2) is 14.2 Å². The molecule has 1 aromatic carbocycles. The van der Waals surface area contributed by atoms with Crippen LogP contribution in [0.4, 0.5) is 0 Å². The van der Waals surface area contributed by atoms with Gasteiger partial charge in [0.2, 0.25) is 0 Å². The standard InChI is InChI=1S/C12H16O2/c1-4-5-6-10-7-11(13-2)9-12(8-10)14-3/h4,7-9H,1,5-6H2,2-3H3. The summed E-state index contributed by atoms with van der Waals surface area (Å²) in [7, 11) is 3.32. The van der Waals surface area contributed by atoms with Crippen LogP contribution in [0.2, 0.25) is 0 Å². The van der Waals surface area contributed by atoms with Gasteiger partial charge in [0.15, 0.2) is 0 Å². The highest BCUT2D eigenvalue weighted by Crippen LogP contribution is 2.23. The Morgan fingerprint density at radius 3 is 2.14 bits per heavy atom. The summed E-state index contributed by atoms with van der Waals surface area (Å²) in [6.07, 6.45) is 3.85. The molecule has 0 heterocycles. The maximum atomic E-state index is 5.17. The SMILES string of the molecule is C=CCCc1cc(OC)cc(OC)c1. The van der Waals surface area contributed by atoms with E-state index in [0.717, 1.165) is 24.3 Å². The topological polar surface area (TPSA) is 18.5 Å². The van der Waals surface area contributed by atoms with Crippen molar-refractivity contribution < 1.29 is 9.47 Å². The Morgan fingerprint density at radius 2 is 1.71 bits per heavy atom. The van der Waals surface area contributed by atoms with Gasteiger partial charge in [0.05, 0.1) is 14.2 Å². The van der Waals surface area contributed by atoms with Crippen molar-refractivity contribution in [1.29, 1.82) is 0 Å². The van der Waals surface area contributed by atoms with Gasteiger partial charge in [-0.05, 0) is 30.5 Å². The molecule has 0 unspecified atom stereocenters. The fourth-order valence-electron chi connectivity index (χ4n) is 1.28. The average Bonchev–Trinajstić information content (AvgIpc) is 2.25. The first-order valence-corrected chi connectivity index (χ1v) is 4.63. The van der Waals surface area contributed by atoms with E-state index in [0.29, 0.717) is 0 Å².